The number of carbonyl (C=O) groups is 1. The van der Waals surface area contributed by atoms with Crippen LogP contribution in [-0.4, -0.2) is 89.2 Å². The van der Waals surface area contributed by atoms with Crippen molar-refractivity contribution >= 4 is 16.8 Å². The number of amides is 1. The topological polar surface area (TPSA) is 51.8 Å². The number of rotatable bonds is 3. The zero-order chi connectivity index (χ0) is 21.4. The van der Waals surface area contributed by atoms with Crippen LogP contribution in [0.4, 0.5) is 0 Å². The largest absolute Gasteiger partial charge is 0.375 e. The molecule has 6 nitrogen and oxygen atoms in total. The van der Waals surface area contributed by atoms with Crippen molar-refractivity contribution in [2.45, 2.75) is 57.2 Å². The van der Waals surface area contributed by atoms with Gasteiger partial charge in [-0.1, -0.05) is 6.07 Å². The minimum absolute atomic E-state index is 0.0434. The number of aromatic nitrogens is 1. The van der Waals surface area contributed by atoms with Crippen LogP contribution in [0.1, 0.15) is 49.9 Å². The predicted octanol–water partition coefficient (Wildman–Crippen LogP) is 3.35. The molecule has 1 aromatic heterocycles. The summed E-state index contributed by atoms with van der Waals surface area (Å²) in [4.78, 5) is 23.6. The molecule has 3 fully saturated rings. The zero-order valence-electron chi connectivity index (χ0n) is 19.0. The quantitative estimate of drug-likeness (QED) is 0.821. The number of hydrogen-bond acceptors (Lipinski definition) is 4. The standard InChI is InChI=1S/C25H36N4O2/c1-19(2)27-12-14-28(15-13-27)22-6-16-31-25(18-22)7-10-29(11-8-25)24(30)21-4-3-20-5-9-26-23(20)17-21/h3-5,9,17,19,22,26H,6-8,10-16,18H2,1-2H3. The molecule has 0 saturated carbocycles. The van der Waals surface area contributed by atoms with Gasteiger partial charge in [0.2, 0.25) is 0 Å². The number of ether oxygens (including phenoxy) is 1. The molecule has 1 N–H and O–H groups in total. The molecule has 0 bridgehead atoms. The van der Waals surface area contributed by atoms with Gasteiger partial charge in [-0.05, 0) is 63.1 Å². The van der Waals surface area contributed by atoms with E-state index in [9.17, 15) is 4.79 Å². The SMILES string of the molecule is CC(C)N1CCN(C2CCOC3(CCN(C(=O)c4ccc5cc[nH]c5c4)CC3)C2)CC1. The number of H-pyrrole nitrogens is 1. The van der Waals surface area contributed by atoms with Gasteiger partial charge in [-0.2, -0.15) is 0 Å². The minimum atomic E-state index is -0.0434. The fourth-order valence-corrected chi connectivity index (χ4v) is 5.76. The Labute approximate surface area is 185 Å². The van der Waals surface area contributed by atoms with Crippen molar-refractivity contribution in [1.82, 2.24) is 19.7 Å². The van der Waals surface area contributed by atoms with E-state index in [0.29, 0.717) is 12.1 Å². The van der Waals surface area contributed by atoms with Gasteiger partial charge in [0.05, 0.1) is 5.60 Å². The molecule has 3 aliphatic heterocycles. The Morgan fingerprint density at radius 2 is 1.87 bits per heavy atom. The van der Waals surface area contributed by atoms with Crippen molar-refractivity contribution in [3.05, 3.63) is 36.0 Å². The van der Waals surface area contributed by atoms with E-state index in [1.54, 1.807) is 0 Å². The van der Waals surface area contributed by atoms with Crippen LogP contribution in [0.15, 0.2) is 30.5 Å². The van der Waals surface area contributed by atoms with E-state index in [0.717, 1.165) is 61.8 Å². The molecular formula is C25H36N4O2. The Hall–Kier alpha value is -1.89. The predicted molar refractivity (Wildman–Crippen MR) is 123 cm³/mol. The van der Waals surface area contributed by atoms with E-state index in [4.69, 9.17) is 4.74 Å². The Morgan fingerprint density at radius 1 is 1.10 bits per heavy atom. The highest BCUT2D eigenvalue weighted by molar-refractivity contribution is 5.98. The summed E-state index contributed by atoms with van der Waals surface area (Å²) in [7, 11) is 0. The third-order valence-electron chi connectivity index (χ3n) is 7.83. The van der Waals surface area contributed by atoms with E-state index in [1.807, 2.05) is 35.4 Å². The second-order valence-electron chi connectivity index (χ2n) is 9.92. The first kappa shape index (κ1) is 21.0. The number of nitrogens with zero attached hydrogens (tertiary/aromatic N) is 3. The molecule has 5 rings (SSSR count). The average Bonchev–Trinajstić information content (AvgIpc) is 3.27. The van der Waals surface area contributed by atoms with Crippen LogP contribution in [0.3, 0.4) is 0 Å². The first-order valence-corrected chi connectivity index (χ1v) is 12.0. The van der Waals surface area contributed by atoms with Crippen LogP contribution in [-0.2, 0) is 4.74 Å². The maximum absolute atomic E-state index is 13.1. The first-order chi connectivity index (χ1) is 15.0. The van der Waals surface area contributed by atoms with Crippen molar-refractivity contribution in [2.24, 2.45) is 0 Å². The number of fused-ring (bicyclic) bond motifs is 1. The monoisotopic (exact) mass is 424 g/mol. The molecule has 4 heterocycles. The highest BCUT2D eigenvalue weighted by Crippen LogP contribution is 2.37. The van der Waals surface area contributed by atoms with Gasteiger partial charge in [0.25, 0.3) is 5.91 Å². The summed E-state index contributed by atoms with van der Waals surface area (Å²) in [5.41, 5.74) is 1.75. The molecule has 1 atom stereocenters. The van der Waals surface area contributed by atoms with Crippen LogP contribution in [0.2, 0.25) is 0 Å². The van der Waals surface area contributed by atoms with Crippen molar-refractivity contribution in [3.8, 4) is 0 Å². The van der Waals surface area contributed by atoms with Gasteiger partial charge in [0, 0.05) is 75.2 Å². The third kappa shape index (κ3) is 4.26. The number of piperazine rings is 1. The van der Waals surface area contributed by atoms with Crippen LogP contribution in [0.5, 0.6) is 0 Å². The molecule has 0 aliphatic carbocycles. The van der Waals surface area contributed by atoms with Gasteiger partial charge in [-0.15, -0.1) is 0 Å². The molecule has 6 heteroatoms. The highest BCUT2D eigenvalue weighted by Gasteiger charge is 2.43. The molecule has 1 spiro atoms. The minimum Gasteiger partial charge on any atom is -0.375 e. The average molecular weight is 425 g/mol. The number of nitrogens with one attached hydrogen (secondary N) is 1. The van der Waals surface area contributed by atoms with Gasteiger partial charge in [0.1, 0.15) is 0 Å². The Kier molecular flexibility index (Phi) is 5.80. The number of aromatic amines is 1. The zero-order valence-corrected chi connectivity index (χ0v) is 19.0. The van der Waals surface area contributed by atoms with Crippen LogP contribution in [0, 0.1) is 0 Å². The van der Waals surface area contributed by atoms with E-state index in [-0.39, 0.29) is 11.5 Å². The van der Waals surface area contributed by atoms with Gasteiger partial charge < -0.3 is 14.6 Å². The second kappa shape index (κ2) is 8.57. The normalized spacial score (nSPS) is 25.5. The van der Waals surface area contributed by atoms with E-state index in [1.165, 1.54) is 26.2 Å². The fraction of sp³-hybridized carbons (Fsp3) is 0.640. The van der Waals surface area contributed by atoms with Crippen molar-refractivity contribution in [1.29, 1.82) is 0 Å². The van der Waals surface area contributed by atoms with E-state index < -0.39 is 0 Å². The number of piperidine rings is 1. The van der Waals surface area contributed by atoms with Gasteiger partial charge in [-0.25, -0.2) is 0 Å². The molecule has 1 aromatic carbocycles. The van der Waals surface area contributed by atoms with Gasteiger partial charge in [0.15, 0.2) is 0 Å². The summed E-state index contributed by atoms with van der Waals surface area (Å²) < 4.78 is 6.39. The van der Waals surface area contributed by atoms with Crippen molar-refractivity contribution in [2.75, 3.05) is 45.9 Å². The van der Waals surface area contributed by atoms with Gasteiger partial charge in [-0.3, -0.25) is 14.6 Å². The number of benzene rings is 1. The van der Waals surface area contributed by atoms with Crippen LogP contribution >= 0.6 is 0 Å². The smallest absolute Gasteiger partial charge is 0.253 e. The van der Waals surface area contributed by atoms with Crippen LogP contribution in [0.25, 0.3) is 10.9 Å². The summed E-state index contributed by atoms with van der Waals surface area (Å²) in [6.07, 6.45) is 6.08. The molecule has 31 heavy (non-hydrogen) atoms. The Morgan fingerprint density at radius 3 is 2.61 bits per heavy atom. The first-order valence-electron chi connectivity index (χ1n) is 12.0. The summed E-state index contributed by atoms with van der Waals surface area (Å²) in [5, 5.41) is 1.14. The fourth-order valence-electron chi connectivity index (χ4n) is 5.76. The number of carbonyl (C=O) groups excluding carboxylic acids is 1. The number of likely N-dealkylation sites (tertiary alicyclic amines) is 1. The van der Waals surface area contributed by atoms with Crippen molar-refractivity contribution in [3.63, 3.8) is 0 Å². The third-order valence-corrected chi connectivity index (χ3v) is 7.83. The molecule has 1 amide bonds. The maximum atomic E-state index is 13.1. The lowest BCUT2D eigenvalue weighted by molar-refractivity contribution is -0.132. The Balaban J connectivity index is 1.18. The summed E-state index contributed by atoms with van der Waals surface area (Å²) in [6.45, 7) is 11.7. The van der Waals surface area contributed by atoms with Gasteiger partial charge >= 0.3 is 0 Å². The molecule has 2 aromatic rings. The lowest BCUT2D eigenvalue weighted by Gasteiger charge is -2.50. The second-order valence-corrected chi connectivity index (χ2v) is 9.92. The summed E-state index contributed by atoms with van der Waals surface area (Å²) >= 11 is 0. The number of hydrogen-bond donors (Lipinski definition) is 1. The Bertz CT molecular complexity index is 907. The summed E-state index contributed by atoms with van der Waals surface area (Å²) in [6, 6.07) is 9.26. The molecule has 3 saturated heterocycles. The lowest BCUT2D eigenvalue weighted by Crippen LogP contribution is -2.58. The van der Waals surface area contributed by atoms with E-state index in [2.05, 4.69) is 28.6 Å². The van der Waals surface area contributed by atoms with E-state index >= 15 is 0 Å². The molecule has 1 unspecified atom stereocenters. The summed E-state index contributed by atoms with van der Waals surface area (Å²) in [5.74, 6) is 0.142. The molecular weight excluding hydrogens is 388 g/mol. The maximum Gasteiger partial charge on any atom is 0.253 e. The van der Waals surface area contributed by atoms with Crippen LogP contribution < -0.4 is 0 Å². The highest BCUT2D eigenvalue weighted by atomic mass is 16.5. The lowest BCUT2D eigenvalue weighted by atomic mass is 9.81. The van der Waals surface area contributed by atoms with Crippen molar-refractivity contribution < 1.29 is 9.53 Å². The molecule has 3 aliphatic rings. The molecule has 0 radical (unpaired) electrons. The molecule has 168 valence electrons.